The highest BCUT2D eigenvalue weighted by Crippen LogP contribution is 2.31. The van der Waals surface area contributed by atoms with Gasteiger partial charge in [-0.3, -0.25) is 14.5 Å². The Morgan fingerprint density at radius 3 is 1.97 bits per heavy atom. The molecular formula is C21H25N3O7. The van der Waals surface area contributed by atoms with Crippen LogP contribution in [0.25, 0.3) is 0 Å². The molecule has 0 radical (unpaired) electrons. The normalized spacial score (nSPS) is 20.9. The molecule has 1 aromatic carbocycles. The number of fused-ring (bicyclic) bond motifs is 1. The minimum Gasteiger partial charge on any atom is -0.444 e. The van der Waals surface area contributed by atoms with Crippen LogP contribution in [0.4, 0.5) is 4.79 Å². The van der Waals surface area contributed by atoms with Crippen LogP contribution in [0, 0.1) is 0 Å². The van der Waals surface area contributed by atoms with Gasteiger partial charge in [-0.05, 0) is 32.9 Å². The molecule has 10 nitrogen and oxygen atoms in total. The number of ether oxygens (including phenoxy) is 2. The SMILES string of the molecule is CC(C)(C)OC(=O)N1CCN(C2(C(=O)ON3C(=O)c4ccccc4C3=O)COC2)CC1. The highest BCUT2D eigenvalue weighted by atomic mass is 16.7. The molecule has 0 spiro atoms. The lowest BCUT2D eigenvalue weighted by atomic mass is 9.94. The van der Waals surface area contributed by atoms with Gasteiger partial charge in [0.2, 0.25) is 0 Å². The molecule has 0 unspecified atom stereocenters. The van der Waals surface area contributed by atoms with Crippen LogP contribution < -0.4 is 0 Å². The van der Waals surface area contributed by atoms with Gasteiger partial charge in [0.25, 0.3) is 11.8 Å². The molecule has 4 rings (SSSR count). The minimum absolute atomic E-state index is 0.0848. The number of hydrogen-bond acceptors (Lipinski definition) is 8. The Balaban J connectivity index is 1.41. The third kappa shape index (κ3) is 3.77. The van der Waals surface area contributed by atoms with Crippen molar-refractivity contribution in [3.63, 3.8) is 0 Å². The van der Waals surface area contributed by atoms with Crippen LogP contribution in [-0.2, 0) is 19.1 Å². The van der Waals surface area contributed by atoms with Gasteiger partial charge in [-0.15, -0.1) is 0 Å². The van der Waals surface area contributed by atoms with Gasteiger partial charge in [0.1, 0.15) is 5.60 Å². The molecule has 0 atom stereocenters. The minimum atomic E-state index is -1.10. The highest BCUT2D eigenvalue weighted by Gasteiger charge is 2.55. The molecule has 10 heteroatoms. The first-order chi connectivity index (χ1) is 14.6. The van der Waals surface area contributed by atoms with E-state index in [4.69, 9.17) is 14.3 Å². The average Bonchev–Trinajstić information content (AvgIpc) is 2.92. The van der Waals surface area contributed by atoms with Crippen LogP contribution in [0.5, 0.6) is 0 Å². The van der Waals surface area contributed by atoms with Gasteiger partial charge in [0.15, 0.2) is 5.54 Å². The molecule has 166 valence electrons. The van der Waals surface area contributed by atoms with E-state index in [1.807, 2.05) is 4.90 Å². The largest absolute Gasteiger partial charge is 0.444 e. The maximum Gasteiger partial charge on any atom is 0.410 e. The smallest absolute Gasteiger partial charge is 0.410 e. The number of piperazine rings is 1. The quantitative estimate of drug-likeness (QED) is 0.655. The molecule has 1 aromatic rings. The maximum absolute atomic E-state index is 13.1. The fraction of sp³-hybridized carbons (Fsp3) is 0.524. The topological polar surface area (TPSA) is 106 Å². The Kier molecular flexibility index (Phi) is 5.22. The van der Waals surface area contributed by atoms with E-state index in [0.29, 0.717) is 31.2 Å². The van der Waals surface area contributed by atoms with Crippen molar-refractivity contribution < 1.29 is 33.5 Å². The first-order valence-electron chi connectivity index (χ1n) is 10.1. The van der Waals surface area contributed by atoms with Crippen molar-refractivity contribution in [1.29, 1.82) is 0 Å². The van der Waals surface area contributed by atoms with Gasteiger partial charge >= 0.3 is 12.1 Å². The number of hydrogen-bond donors (Lipinski definition) is 0. The zero-order valence-corrected chi connectivity index (χ0v) is 17.8. The van der Waals surface area contributed by atoms with Crippen molar-refractivity contribution >= 4 is 23.9 Å². The molecular weight excluding hydrogens is 406 g/mol. The summed E-state index contributed by atoms with van der Waals surface area (Å²) in [5.41, 5.74) is -1.29. The van der Waals surface area contributed by atoms with Crippen LogP contribution >= 0.6 is 0 Å². The van der Waals surface area contributed by atoms with E-state index in [-0.39, 0.29) is 24.3 Å². The summed E-state index contributed by atoms with van der Waals surface area (Å²) in [5, 5.41) is 0.518. The second kappa shape index (κ2) is 7.61. The van der Waals surface area contributed by atoms with E-state index in [0.717, 1.165) is 0 Å². The van der Waals surface area contributed by atoms with Gasteiger partial charge in [0.05, 0.1) is 24.3 Å². The van der Waals surface area contributed by atoms with Gasteiger partial charge in [-0.1, -0.05) is 17.2 Å². The maximum atomic E-state index is 13.1. The molecule has 3 amide bonds. The van der Waals surface area contributed by atoms with Gasteiger partial charge in [0, 0.05) is 26.2 Å². The van der Waals surface area contributed by atoms with E-state index in [1.165, 1.54) is 12.1 Å². The second-order valence-corrected chi connectivity index (χ2v) is 8.81. The summed E-state index contributed by atoms with van der Waals surface area (Å²) in [6.45, 7) is 7.13. The van der Waals surface area contributed by atoms with Gasteiger partial charge in [-0.25, -0.2) is 9.59 Å². The number of benzene rings is 1. The average molecular weight is 431 g/mol. The summed E-state index contributed by atoms with van der Waals surface area (Å²) in [6.07, 6.45) is -0.403. The highest BCUT2D eigenvalue weighted by molar-refractivity contribution is 6.21. The van der Waals surface area contributed by atoms with Crippen LogP contribution in [0.15, 0.2) is 24.3 Å². The van der Waals surface area contributed by atoms with E-state index in [2.05, 4.69) is 0 Å². The lowest BCUT2D eigenvalue weighted by Crippen LogP contribution is -2.71. The summed E-state index contributed by atoms with van der Waals surface area (Å²) in [4.78, 5) is 59.1. The fourth-order valence-corrected chi connectivity index (χ4v) is 3.79. The van der Waals surface area contributed by atoms with Crippen molar-refractivity contribution in [3.05, 3.63) is 35.4 Å². The van der Waals surface area contributed by atoms with E-state index in [9.17, 15) is 19.2 Å². The summed E-state index contributed by atoms with van der Waals surface area (Å²) >= 11 is 0. The third-order valence-corrected chi connectivity index (χ3v) is 5.53. The number of hydroxylamine groups is 2. The zero-order valence-electron chi connectivity index (χ0n) is 17.8. The molecule has 2 fully saturated rings. The predicted molar refractivity (Wildman–Crippen MR) is 106 cm³/mol. The van der Waals surface area contributed by atoms with Crippen LogP contribution in [0.3, 0.4) is 0 Å². The third-order valence-electron chi connectivity index (χ3n) is 5.53. The number of imide groups is 1. The summed E-state index contributed by atoms with van der Waals surface area (Å²) < 4.78 is 10.7. The Labute approximate surface area is 179 Å². The number of carbonyl (C=O) groups is 4. The first kappa shape index (κ1) is 21.3. The lowest BCUT2D eigenvalue weighted by Gasteiger charge is -2.49. The van der Waals surface area contributed by atoms with Gasteiger partial charge in [-0.2, -0.15) is 0 Å². The molecule has 0 aromatic heterocycles. The lowest BCUT2D eigenvalue weighted by molar-refractivity contribution is -0.215. The monoisotopic (exact) mass is 431 g/mol. The van der Waals surface area contributed by atoms with Crippen molar-refractivity contribution in [1.82, 2.24) is 14.9 Å². The molecule has 0 N–H and O–H groups in total. The number of amides is 3. The molecule has 31 heavy (non-hydrogen) atoms. The van der Waals surface area contributed by atoms with Crippen LogP contribution in [-0.4, -0.2) is 89.3 Å². The Bertz CT molecular complexity index is 892. The molecule has 3 aliphatic heterocycles. The Morgan fingerprint density at radius 1 is 0.968 bits per heavy atom. The van der Waals surface area contributed by atoms with Crippen molar-refractivity contribution in [2.24, 2.45) is 0 Å². The number of rotatable bonds is 3. The number of carbonyl (C=O) groups excluding carboxylic acids is 4. The summed E-state index contributed by atoms with van der Waals surface area (Å²) in [5.74, 6) is -2.06. The number of nitrogens with zero attached hydrogens (tertiary/aromatic N) is 3. The molecule has 0 saturated carbocycles. The van der Waals surface area contributed by atoms with E-state index < -0.39 is 35.0 Å². The summed E-state index contributed by atoms with van der Waals surface area (Å²) in [6, 6.07) is 6.31. The molecule has 2 saturated heterocycles. The van der Waals surface area contributed by atoms with E-state index in [1.54, 1.807) is 37.8 Å². The van der Waals surface area contributed by atoms with E-state index >= 15 is 0 Å². The van der Waals surface area contributed by atoms with Crippen LogP contribution in [0.2, 0.25) is 0 Å². The van der Waals surface area contributed by atoms with Crippen molar-refractivity contribution in [3.8, 4) is 0 Å². The molecule has 0 aliphatic carbocycles. The first-order valence-corrected chi connectivity index (χ1v) is 10.1. The Hall–Kier alpha value is -2.98. The fourth-order valence-electron chi connectivity index (χ4n) is 3.79. The Morgan fingerprint density at radius 2 is 1.52 bits per heavy atom. The van der Waals surface area contributed by atoms with Gasteiger partial charge < -0.3 is 19.2 Å². The molecule has 3 heterocycles. The standard InChI is InChI=1S/C21H25N3O7/c1-20(2,3)30-19(28)22-8-10-23(11-9-22)21(12-29-13-21)18(27)31-24-16(25)14-6-4-5-7-15(14)17(24)26/h4-7H,8-13H2,1-3H3. The zero-order chi connectivity index (χ0) is 22.4. The second-order valence-electron chi connectivity index (χ2n) is 8.81. The molecule has 0 bridgehead atoms. The van der Waals surface area contributed by atoms with Crippen molar-refractivity contribution in [2.45, 2.75) is 31.9 Å². The summed E-state index contributed by atoms with van der Waals surface area (Å²) in [7, 11) is 0. The van der Waals surface area contributed by atoms with Crippen LogP contribution in [0.1, 0.15) is 41.5 Å². The molecule has 3 aliphatic rings. The predicted octanol–water partition coefficient (Wildman–Crippen LogP) is 1.06. The van der Waals surface area contributed by atoms with Crippen molar-refractivity contribution in [2.75, 3.05) is 39.4 Å².